The van der Waals surface area contributed by atoms with E-state index in [-0.39, 0.29) is 5.82 Å². The second kappa shape index (κ2) is 5.15. The van der Waals surface area contributed by atoms with Gasteiger partial charge in [-0.2, -0.15) is 10.4 Å². The van der Waals surface area contributed by atoms with E-state index < -0.39 is 0 Å². The van der Waals surface area contributed by atoms with Crippen molar-refractivity contribution >= 4 is 17.2 Å². The number of fused-ring (bicyclic) bond motifs is 1. The van der Waals surface area contributed by atoms with E-state index in [1.54, 1.807) is 12.1 Å². The summed E-state index contributed by atoms with van der Waals surface area (Å²) in [5.74, 6) is -0.277. The van der Waals surface area contributed by atoms with E-state index in [0.717, 1.165) is 16.8 Å². The Kier molecular flexibility index (Phi) is 3.32. The zero-order valence-electron chi connectivity index (χ0n) is 11.1. The summed E-state index contributed by atoms with van der Waals surface area (Å²) in [7, 11) is 0. The van der Waals surface area contributed by atoms with Gasteiger partial charge in [-0.1, -0.05) is 23.7 Å². The molecule has 3 aromatic rings. The van der Waals surface area contributed by atoms with E-state index in [1.165, 1.54) is 22.8 Å². The fourth-order valence-corrected chi connectivity index (χ4v) is 2.51. The first-order chi connectivity index (χ1) is 10.1. The van der Waals surface area contributed by atoms with Crippen LogP contribution in [0.15, 0.2) is 30.5 Å². The van der Waals surface area contributed by atoms with Crippen molar-refractivity contribution in [2.75, 3.05) is 0 Å². The number of hydrogen-bond donors (Lipinski definition) is 0. The van der Waals surface area contributed by atoms with Gasteiger partial charge in [-0.05, 0) is 24.6 Å². The van der Waals surface area contributed by atoms with E-state index in [0.29, 0.717) is 22.8 Å². The Morgan fingerprint density at radius 3 is 2.71 bits per heavy atom. The van der Waals surface area contributed by atoms with E-state index in [1.807, 2.05) is 13.0 Å². The summed E-state index contributed by atoms with van der Waals surface area (Å²) in [6.45, 7) is 1.83. The molecule has 2 aromatic heterocycles. The maximum absolute atomic E-state index is 13.0. The van der Waals surface area contributed by atoms with E-state index in [2.05, 4.69) is 10.1 Å². The first kappa shape index (κ1) is 13.5. The molecule has 0 aliphatic carbocycles. The summed E-state index contributed by atoms with van der Waals surface area (Å²) >= 11 is 6.38. The first-order valence-electron chi connectivity index (χ1n) is 6.27. The standard InChI is InChI=1S/C15H10ClFN4/c1-9-13(6-10-2-4-12(17)5-3-10)14(16)21-15(20-9)11(7-18)8-19-21/h2-5,8H,6H2,1H3. The van der Waals surface area contributed by atoms with Crippen LogP contribution in [0.2, 0.25) is 5.15 Å². The SMILES string of the molecule is Cc1nc2c(C#N)cnn2c(Cl)c1Cc1ccc(F)cc1. The maximum atomic E-state index is 13.0. The lowest BCUT2D eigenvalue weighted by atomic mass is 10.1. The van der Waals surface area contributed by atoms with Crippen molar-refractivity contribution in [2.24, 2.45) is 0 Å². The molecule has 0 radical (unpaired) electrons. The summed E-state index contributed by atoms with van der Waals surface area (Å²) in [5.41, 5.74) is 3.29. The van der Waals surface area contributed by atoms with Gasteiger partial charge in [0.1, 0.15) is 22.6 Å². The summed E-state index contributed by atoms with van der Waals surface area (Å²) in [4.78, 5) is 4.40. The van der Waals surface area contributed by atoms with Gasteiger partial charge in [0.2, 0.25) is 0 Å². The largest absolute Gasteiger partial charge is 0.232 e. The van der Waals surface area contributed by atoms with Crippen LogP contribution in [0.1, 0.15) is 22.4 Å². The second-order valence-corrected chi connectivity index (χ2v) is 5.03. The predicted octanol–water partition coefficient (Wildman–Crippen LogP) is 3.29. The lowest BCUT2D eigenvalue weighted by Gasteiger charge is -2.09. The van der Waals surface area contributed by atoms with Gasteiger partial charge < -0.3 is 0 Å². The third-order valence-corrected chi connectivity index (χ3v) is 3.69. The fraction of sp³-hybridized carbons (Fsp3) is 0.133. The van der Waals surface area contributed by atoms with Crippen LogP contribution in [-0.2, 0) is 6.42 Å². The van der Waals surface area contributed by atoms with Gasteiger partial charge in [0.25, 0.3) is 0 Å². The number of benzene rings is 1. The number of aromatic nitrogens is 3. The van der Waals surface area contributed by atoms with Crippen LogP contribution in [0, 0.1) is 24.1 Å². The molecule has 6 heteroatoms. The van der Waals surface area contributed by atoms with Crippen LogP contribution in [0.4, 0.5) is 4.39 Å². The number of nitrogens with zero attached hydrogens (tertiary/aromatic N) is 4. The van der Waals surface area contributed by atoms with Crippen molar-refractivity contribution in [1.29, 1.82) is 5.26 Å². The average molecular weight is 301 g/mol. The van der Waals surface area contributed by atoms with Crippen LogP contribution in [0.3, 0.4) is 0 Å². The number of nitriles is 1. The molecule has 0 bridgehead atoms. The molecule has 21 heavy (non-hydrogen) atoms. The highest BCUT2D eigenvalue weighted by molar-refractivity contribution is 6.30. The van der Waals surface area contributed by atoms with Crippen LogP contribution in [0.5, 0.6) is 0 Å². The van der Waals surface area contributed by atoms with Crippen molar-refractivity contribution < 1.29 is 4.39 Å². The molecule has 2 heterocycles. The van der Waals surface area contributed by atoms with Crippen molar-refractivity contribution in [1.82, 2.24) is 14.6 Å². The molecule has 0 fully saturated rings. The summed E-state index contributed by atoms with van der Waals surface area (Å²) in [5, 5.41) is 13.5. The molecule has 104 valence electrons. The van der Waals surface area contributed by atoms with Gasteiger partial charge in [0, 0.05) is 17.7 Å². The quantitative estimate of drug-likeness (QED) is 0.682. The zero-order chi connectivity index (χ0) is 15.0. The highest BCUT2D eigenvalue weighted by Gasteiger charge is 2.15. The van der Waals surface area contributed by atoms with Gasteiger partial charge in [0.05, 0.1) is 6.20 Å². The van der Waals surface area contributed by atoms with Crippen molar-refractivity contribution in [3.8, 4) is 6.07 Å². The molecule has 0 amide bonds. The first-order valence-corrected chi connectivity index (χ1v) is 6.65. The Balaban J connectivity index is 2.11. The molecule has 0 N–H and O–H groups in total. The van der Waals surface area contributed by atoms with E-state index in [4.69, 9.17) is 16.9 Å². The van der Waals surface area contributed by atoms with Crippen LogP contribution in [-0.4, -0.2) is 14.6 Å². The van der Waals surface area contributed by atoms with Gasteiger partial charge in [-0.3, -0.25) is 0 Å². The third kappa shape index (κ3) is 2.34. The third-order valence-electron chi connectivity index (χ3n) is 3.30. The molecule has 0 aliphatic heterocycles. The summed E-state index contributed by atoms with van der Waals surface area (Å²) < 4.78 is 14.4. The van der Waals surface area contributed by atoms with E-state index in [9.17, 15) is 4.39 Å². The Labute approximate surface area is 125 Å². The predicted molar refractivity (Wildman–Crippen MR) is 76.7 cm³/mol. The minimum atomic E-state index is -0.277. The molecule has 4 nitrogen and oxygen atoms in total. The van der Waals surface area contributed by atoms with E-state index >= 15 is 0 Å². The average Bonchev–Trinajstić information content (AvgIpc) is 2.88. The molecule has 3 rings (SSSR count). The normalized spacial score (nSPS) is 10.8. The summed E-state index contributed by atoms with van der Waals surface area (Å²) in [6, 6.07) is 8.27. The Morgan fingerprint density at radius 1 is 1.33 bits per heavy atom. The molecule has 0 aliphatic rings. The van der Waals surface area contributed by atoms with Gasteiger partial charge in [-0.25, -0.2) is 13.9 Å². The molecule has 0 saturated heterocycles. The van der Waals surface area contributed by atoms with Gasteiger partial charge >= 0.3 is 0 Å². The molecule has 0 spiro atoms. The maximum Gasteiger partial charge on any atom is 0.174 e. The van der Waals surface area contributed by atoms with Gasteiger partial charge in [0.15, 0.2) is 5.65 Å². The number of aryl methyl sites for hydroxylation is 1. The van der Waals surface area contributed by atoms with Gasteiger partial charge in [-0.15, -0.1) is 0 Å². The molecule has 0 saturated carbocycles. The van der Waals surface area contributed by atoms with Crippen LogP contribution >= 0.6 is 11.6 Å². The summed E-state index contributed by atoms with van der Waals surface area (Å²) in [6.07, 6.45) is 1.96. The minimum absolute atomic E-state index is 0.277. The van der Waals surface area contributed by atoms with Crippen molar-refractivity contribution in [3.63, 3.8) is 0 Å². The lowest BCUT2D eigenvalue weighted by molar-refractivity contribution is 0.627. The molecular weight excluding hydrogens is 291 g/mol. The second-order valence-electron chi connectivity index (χ2n) is 4.68. The Morgan fingerprint density at radius 2 is 2.05 bits per heavy atom. The zero-order valence-corrected chi connectivity index (χ0v) is 11.9. The molecular formula is C15H10ClFN4. The fourth-order valence-electron chi connectivity index (χ4n) is 2.18. The number of halogens is 2. The number of rotatable bonds is 2. The van der Waals surface area contributed by atoms with Crippen LogP contribution in [0.25, 0.3) is 5.65 Å². The number of hydrogen-bond acceptors (Lipinski definition) is 3. The highest BCUT2D eigenvalue weighted by atomic mass is 35.5. The Bertz CT molecular complexity index is 862. The van der Waals surface area contributed by atoms with Crippen molar-refractivity contribution in [3.05, 3.63) is 63.8 Å². The highest BCUT2D eigenvalue weighted by Crippen LogP contribution is 2.24. The Hall–Kier alpha value is -2.45. The lowest BCUT2D eigenvalue weighted by Crippen LogP contribution is -2.03. The molecule has 0 unspecified atom stereocenters. The minimum Gasteiger partial charge on any atom is -0.232 e. The van der Waals surface area contributed by atoms with Crippen LogP contribution < -0.4 is 0 Å². The molecule has 0 atom stereocenters. The van der Waals surface area contributed by atoms with Crippen molar-refractivity contribution in [2.45, 2.75) is 13.3 Å². The molecule has 1 aromatic carbocycles. The monoisotopic (exact) mass is 300 g/mol. The smallest absolute Gasteiger partial charge is 0.174 e. The topological polar surface area (TPSA) is 54.0 Å².